The van der Waals surface area contributed by atoms with Crippen LogP contribution in [0, 0.1) is 12.8 Å². The van der Waals surface area contributed by atoms with Crippen LogP contribution in [0.3, 0.4) is 0 Å². The van der Waals surface area contributed by atoms with Crippen molar-refractivity contribution in [3.05, 3.63) is 33.9 Å². The van der Waals surface area contributed by atoms with Gasteiger partial charge >= 0.3 is 5.97 Å². The first-order valence-electron chi connectivity index (χ1n) is 8.79. The fourth-order valence-corrected chi connectivity index (χ4v) is 3.98. The second kappa shape index (κ2) is 8.67. The lowest BCUT2D eigenvalue weighted by Crippen LogP contribution is -2.40. The number of hydrogen-bond donors (Lipinski definition) is 1. The van der Waals surface area contributed by atoms with Crippen LogP contribution in [0.1, 0.15) is 35.1 Å². The van der Waals surface area contributed by atoms with Crippen molar-refractivity contribution in [2.75, 3.05) is 25.0 Å². The summed E-state index contributed by atoms with van der Waals surface area (Å²) in [6.45, 7) is 5.09. The standard InChI is InChI=1S/C18H21ClN4O3S/c1-3-26-17(25)12-6-8-23(9-7-12)16(24)15-11(2)21-18(27-15)22-14-5-4-13(19)10-20-14/h4-5,10,12H,3,6-9H2,1-2H3,(H,20,21,22). The number of likely N-dealkylation sites (tertiary alicyclic amines) is 1. The number of amides is 1. The molecule has 144 valence electrons. The first kappa shape index (κ1) is 19.6. The van der Waals surface area contributed by atoms with Gasteiger partial charge in [-0.15, -0.1) is 0 Å². The number of ether oxygens (including phenoxy) is 1. The van der Waals surface area contributed by atoms with Gasteiger partial charge in [-0.2, -0.15) is 0 Å². The van der Waals surface area contributed by atoms with E-state index < -0.39 is 0 Å². The van der Waals surface area contributed by atoms with Crippen LogP contribution in [0.4, 0.5) is 10.9 Å². The van der Waals surface area contributed by atoms with Crippen LogP contribution in [0.5, 0.6) is 0 Å². The molecule has 1 fully saturated rings. The molecule has 3 rings (SSSR count). The Morgan fingerprint density at radius 1 is 1.37 bits per heavy atom. The van der Waals surface area contributed by atoms with Crippen LogP contribution in [-0.4, -0.2) is 46.4 Å². The van der Waals surface area contributed by atoms with Crippen LogP contribution in [0.25, 0.3) is 0 Å². The number of anilines is 2. The third-order valence-corrected chi connectivity index (χ3v) is 5.64. The molecule has 1 saturated heterocycles. The molecule has 0 aliphatic carbocycles. The molecule has 1 aliphatic rings. The number of pyridine rings is 1. The van der Waals surface area contributed by atoms with Crippen molar-refractivity contribution in [3.8, 4) is 0 Å². The van der Waals surface area contributed by atoms with E-state index in [1.807, 2.05) is 6.92 Å². The second-order valence-electron chi connectivity index (χ2n) is 6.24. The summed E-state index contributed by atoms with van der Waals surface area (Å²) in [5, 5.41) is 4.25. The Morgan fingerprint density at radius 2 is 2.11 bits per heavy atom. The third kappa shape index (κ3) is 4.75. The molecule has 1 N–H and O–H groups in total. The van der Waals surface area contributed by atoms with Crippen molar-refractivity contribution in [3.63, 3.8) is 0 Å². The van der Waals surface area contributed by atoms with E-state index in [0.29, 0.717) is 59.1 Å². The van der Waals surface area contributed by atoms with Gasteiger partial charge in [0, 0.05) is 19.3 Å². The van der Waals surface area contributed by atoms with Crippen LogP contribution in [0.15, 0.2) is 18.3 Å². The zero-order valence-electron chi connectivity index (χ0n) is 15.2. The molecule has 1 aliphatic heterocycles. The molecule has 2 aromatic heterocycles. The molecule has 0 unspecified atom stereocenters. The molecule has 0 aromatic carbocycles. The smallest absolute Gasteiger partial charge is 0.309 e. The molecule has 9 heteroatoms. The maximum Gasteiger partial charge on any atom is 0.309 e. The van der Waals surface area contributed by atoms with E-state index in [0.717, 1.165) is 0 Å². The molecular formula is C18H21ClN4O3S. The van der Waals surface area contributed by atoms with Gasteiger partial charge in [-0.3, -0.25) is 9.59 Å². The average Bonchev–Trinajstić information content (AvgIpc) is 3.03. The largest absolute Gasteiger partial charge is 0.466 e. The van der Waals surface area contributed by atoms with Crippen LogP contribution < -0.4 is 5.32 Å². The lowest BCUT2D eigenvalue weighted by molar-refractivity contribution is -0.149. The Labute approximate surface area is 166 Å². The highest BCUT2D eigenvalue weighted by molar-refractivity contribution is 7.17. The summed E-state index contributed by atoms with van der Waals surface area (Å²) in [4.78, 5) is 35.7. The molecule has 3 heterocycles. The number of nitrogens with one attached hydrogen (secondary N) is 1. The number of hydrogen-bond acceptors (Lipinski definition) is 7. The number of thiazole rings is 1. The van der Waals surface area contributed by atoms with E-state index in [2.05, 4.69) is 15.3 Å². The zero-order valence-corrected chi connectivity index (χ0v) is 16.8. The zero-order chi connectivity index (χ0) is 19.4. The Balaban J connectivity index is 1.63. The van der Waals surface area contributed by atoms with Crippen molar-refractivity contribution >= 4 is 45.8 Å². The Hall–Kier alpha value is -2.19. The Kier molecular flexibility index (Phi) is 6.28. The first-order valence-corrected chi connectivity index (χ1v) is 9.99. The van der Waals surface area contributed by atoms with Gasteiger partial charge in [-0.1, -0.05) is 22.9 Å². The van der Waals surface area contributed by atoms with Crippen molar-refractivity contribution in [2.45, 2.75) is 26.7 Å². The maximum absolute atomic E-state index is 12.9. The van der Waals surface area contributed by atoms with Crippen LogP contribution in [-0.2, 0) is 9.53 Å². The summed E-state index contributed by atoms with van der Waals surface area (Å²) in [6, 6.07) is 3.48. The number of nitrogens with zero attached hydrogens (tertiary/aromatic N) is 3. The second-order valence-corrected chi connectivity index (χ2v) is 7.67. The molecule has 27 heavy (non-hydrogen) atoms. The fourth-order valence-electron chi connectivity index (χ4n) is 2.93. The highest BCUT2D eigenvalue weighted by Crippen LogP contribution is 2.28. The number of carbonyl (C=O) groups is 2. The molecule has 7 nitrogen and oxygen atoms in total. The van der Waals surface area contributed by atoms with Crippen LogP contribution in [0.2, 0.25) is 5.02 Å². The predicted molar refractivity (Wildman–Crippen MR) is 105 cm³/mol. The van der Waals surface area contributed by atoms with E-state index in [1.54, 1.807) is 30.2 Å². The fraction of sp³-hybridized carbons (Fsp3) is 0.444. The van der Waals surface area contributed by atoms with Crippen molar-refractivity contribution in [1.29, 1.82) is 0 Å². The molecule has 0 spiro atoms. The predicted octanol–water partition coefficient (Wildman–Crippen LogP) is 3.66. The number of esters is 1. The van der Waals surface area contributed by atoms with Gasteiger partial charge in [-0.25, -0.2) is 9.97 Å². The summed E-state index contributed by atoms with van der Waals surface area (Å²) in [7, 11) is 0. The van der Waals surface area contributed by atoms with Gasteiger partial charge in [0.1, 0.15) is 10.7 Å². The molecule has 1 amide bonds. The minimum absolute atomic E-state index is 0.0515. The molecule has 0 saturated carbocycles. The normalized spacial score (nSPS) is 14.9. The van der Waals surface area contributed by atoms with Crippen LogP contribution >= 0.6 is 22.9 Å². The summed E-state index contributed by atoms with van der Waals surface area (Å²) in [5.41, 5.74) is 0.675. The monoisotopic (exact) mass is 408 g/mol. The van der Waals surface area contributed by atoms with E-state index in [1.165, 1.54) is 11.3 Å². The van der Waals surface area contributed by atoms with Gasteiger partial charge in [0.2, 0.25) is 0 Å². The lowest BCUT2D eigenvalue weighted by Gasteiger charge is -2.30. The molecule has 0 atom stereocenters. The SMILES string of the molecule is CCOC(=O)C1CCN(C(=O)c2sc(Nc3ccc(Cl)cn3)nc2C)CC1. The quantitative estimate of drug-likeness (QED) is 0.760. The summed E-state index contributed by atoms with van der Waals surface area (Å²) < 4.78 is 5.08. The number of rotatable bonds is 5. The van der Waals surface area contributed by atoms with Gasteiger partial charge < -0.3 is 15.0 Å². The third-order valence-electron chi connectivity index (χ3n) is 4.36. The highest BCUT2D eigenvalue weighted by atomic mass is 35.5. The molecule has 0 bridgehead atoms. The summed E-state index contributed by atoms with van der Waals surface area (Å²) in [5.74, 6) is 0.275. The summed E-state index contributed by atoms with van der Waals surface area (Å²) >= 11 is 7.13. The Morgan fingerprint density at radius 3 is 2.74 bits per heavy atom. The average molecular weight is 409 g/mol. The van der Waals surface area contributed by atoms with E-state index in [-0.39, 0.29) is 17.8 Å². The summed E-state index contributed by atoms with van der Waals surface area (Å²) in [6.07, 6.45) is 2.80. The molecule has 2 aromatic rings. The van der Waals surface area contributed by atoms with Gasteiger partial charge in [0.25, 0.3) is 5.91 Å². The van der Waals surface area contributed by atoms with Crippen molar-refractivity contribution in [1.82, 2.24) is 14.9 Å². The van der Waals surface area contributed by atoms with Gasteiger partial charge in [0.15, 0.2) is 5.13 Å². The van der Waals surface area contributed by atoms with E-state index in [9.17, 15) is 9.59 Å². The topological polar surface area (TPSA) is 84.4 Å². The van der Waals surface area contributed by atoms with Crippen molar-refractivity contribution in [2.24, 2.45) is 5.92 Å². The Bertz CT molecular complexity index is 817. The minimum atomic E-state index is -0.166. The molecular weight excluding hydrogens is 388 g/mol. The van der Waals surface area contributed by atoms with Gasteiger partial charge in [0.05, 0.1) is 23.2 Å². The highest BCUT2D eigenvalue weighted by Gasteiger charge is 2.30. The number of piperidine rings is 1. The maximum atomic E-state index is 12.9. The first-order chi connectivity index (χ1) is 13.0. The van der Waals surface area contributed by atoms with E-state index >= 15 is 0 Å². The minimum Gasteiger partial charge on any atom is -0.466 e. The number of halogens is 1. The molecule has 0 radical (unpaired) electrons. The number of carbonyl (C=O) groups excluding carboxylic acids is 2. The number of aryl methyl sites for hydroxylation is 1. The van der Waals surface area contributed by atoms with Gasteiger partial charge in [-0.05, 0) is 38.8 Å². The lowest BCUT2D eigenvalue weighted by atomic mass is 9.97. The van der Waals surface area contributed by atoms with E-state index in [4.69, 9.17) is 16.3 Å². The number of aromatic nitrogens is 2. The van der Waals surface area contributed by atoms with Crippen molar-refractivity contribution < 1.29 is 14.3 Å².